The third-order valence-corrected chi connectivity index (χ3v) is 2.71. The molecule has 0 heterocycles. The van der Waals surface area contributed by atoms with Crippen LogP contribution in [0.2, 0.25) is 0 Å². The number of aliphatic hydroxyl groups excluding tert-OH is 3. The van der Waals surface area contributed by atoms with Gasteiger partial charge >= 0.3 is 5.97 Å². The van der Waals surface area contributed by atoms with Gasteiger partial charge in [0.05, 0.1) is 12.7 Å². The van der Waals surface area contributed by atoms with Crippen molar-refractivity contribution >= 4 is 5.97 Å². The molecule has 18 heavy (non-hydrogen) atoms. The van der Waals surface area contributed by atoms with Crippen LogP contribution in [0.4, 0.5) is 0 Å². The molecule has 0 spiro atoms. The summed E-state index contributed by atoms with van der Waals surface area (Å²) in [7, 11) is 0. The minimum Gasteiger partial charge on any atom is -0.463 e. The maximum Gasteiger partial charge on any atom is 0.305 e. The average molecular weight is 262 g/mol. The van der Waals surface area contributed by atoms with Crippen LogP contribution in [-0.2, 0) is 9.53 Å². The number of ether oxygens (including phenoxy) is 1. The lowest BCUT2D eigenvalue weighted by molar-refractivity contribution is -0.147. The lowest BCUT2D eigenvalue weighted by atomic mass is 10.1. The largest absolute Gasteiger partial charge is 0.463 e. The summed E-state index contributed by atoms with van der Waals surface area (Å²) in [5.74, 6) is -0.400. The summed E-state index contributed by atoms with van der Waals surface area (Å²) in [6.07, 6.45) is 4.13. The van der Waals surface area contributed by atoms with E-state index in [9.17, 15) is 9.90 Å². The molecule has 0 aliphatic rings. The van der Waals surface area contributed by atoms with Gasteiger partial charge in [-0.3, -0.25) is 4.79 Å². The monoisotopic (exact) mass is 262 g/mol. The van der Waals surface area contributed by atoms with Crippen LogP contribution in [0, 0.1) is 0 Å². The molecule has 0 aliphatic carbocycles. The molecule has 0 aliphatic heterocycles. The van der Waals surface area contributed by atoms with E-state index in [1.807, 2.05) is 0 Å². The van der Waals surface area contributed by atoms with Gasteiger partial charge in [0, 0.05) is 6.42 Å². The molecule has 0 radical (unpaired) electrons. The Hall–Kier alpha value is -0.650. The van der Waals surface area contributed by atoms with Crippen LogP contribution in [0.1, 0.15) is 51.9 Å². The summed E-state index contributed by atoms with van der Waals surface area (Å²) >= 11 is 0. The zero-order chi connectivity index (χ0) is 13.8. The zero-order valence-electron chi connectivity index (χ0n) is 11.2. The molecular formula is C13H26O5. The number of esters is 1. The normalized spacial score (nSPS) is 14.2. The van der Waals surface area contributed by atoms with Gasteiger partial charge in [-0.1, -0.05) is 26.2 Å². The van der Waals surface area contributed by atoms with Gasteiger partial charge < -0.3 is 20.1 Å². The molecule has 5 nitrogen and oxygen atoms in total. The number of hydrogen-bond acceptors (Lipinski definition) is 5. The van der Waals surface area contributed by atoms with Crippen LogP contribution in [0.3, 0.4) is 0 Å². The Morgan fingerprint density at radius 1 is 1.11 bits per heavy atom. The van der Waals surface area contributed by atoms with Gasteiger partial charge in [0.2, 0.25) is 0 Å². The standard InChI is InChI=1S/C13H26O5/c1-2-3-4-6-11(15)7-5-8-13(17)18-10-12(16)9-14/h11-12,14-16H,2-10H2,1H3/t11-,12+/m1/s1. The van der Waals surface area contributed by atoms with E-state index < -0.39 is 18.7 Å². The molecule has 0 saturated carbocycles. The van der Waals surface area contributed by atoms with Crippen LogP contribution < -0.4 is 0 Å². The molecule has 0 unspecified atom stereocenters. The van der Waals surface area contributed by atoms with Crippen molar-refractivity contribution in [3.63, 3.8) is 0 Å². The Morgan fingerprint density at radius 3 is 2.39 bits per heavy atom. The fraction of sp³-hybridized carbons (Fsp3) is 0.923. The van der Waals surface area contributed by atoms with Gasteiger partial charge in [-0.2, -0.15) is 0 Å². The Morgan fingerprint density at radius 2 is 1.78 bits per heavy atom. The minimum atomic E-state index is -1.01. The molecule has 0 fully saturated rings. The van der Waals surface area contributed by atoms with E-state index in [1.54, 1.807) is 0 Å². The molecule has 0 aromatic heterocycles. The first-order valence-corrected chi connectivity index (χ1v) is 6.72. The quantitative estimate of drug-likeness (QED) is 0.382. The maximum absolute atomic E-state index is 11.2. The van der Waals surface area contributed by atoms with Crippen molar-refractivity contribution in [3.05, 3.63) is 0 Å². The highest BCUT2D eigenvalue weighted by Gasteiger charge is 2.09. The number of carbonyl (C=O) groups excluding carboxylic acids is 1. The maximum atomic E-state index is 11.2. The van der Waals surface area contributed by atoms with Gasteiger partial charge in [0.15, 0.2) is 0 Å². The smallest absolute Gasteiger partial charge is 0.305 e. The summed E-state index contributed by atoms with van der Waals surface area (Å²) < 4.78 is 4.74. The molecule has 3 N–H and O–H groups in total. The number of unbranched alkanes of at least 4 members (excludes halogenated alkanes) is 2. The summed E-state index contributed by atoms with van der Waals surface area (Å²) in [6.45, 7) is 1.53. The van der Waals surface area contributed by atoms with Crippen LogP contribution in [0.25, 0.3) is 0 Å². The van der Waals surface area contributed by atoms with Gasteiger partial charge in [-0.05, 0) is 19.3 Å². The van der Waals surface area contributed by atoms with E-state index in [0.717, 1.165) is 25.7 Å². The highest BCUT2D eigenvalue weighted by Crippen LogP contribution is 2.10. The van der Waals surface area contributed by atoms with Crippen molar-refractivity contribution in [1.82, 2.24) is 0 Å². The minimum absolute atomic E-state index is 0.172. The molecular weight excluding hydrogens is 236 g/mol. The SMILES string of the molecule is CCCCC[C@@H](O)CCCC(=O)OC[C@@H](O)CO. The second-order valence-corrected chi connectivity index (χ2v) is 4.56. The molecule has 5 heteroatoms. The topological polar surface area (TPSA) is 87.0 Å². The van der Waals surface area contributed by atoms with E-state index in [4.69, 9.17) is 14.9 Å². The highest BCUT2D eigenvalue weighted by atomic mass is 16.5. The van der Waals surface area contributed by atoms with Gasteiger partial charge in [0.1, 0.15) is 12.7 Å². The summed E-state index contributed by atoms with van der Waals surface area (Å²) in [5, 5.41) is 27.1. The second kappa shape index (κ2) is 11.4. The van der Waals surface area contributed by atoms with Crippen LogP contribution in [-0.4, -0.2) is 46.7 Å². The van der Waals surface area contributed by atoms with Crippen molar-refractivity contribution in [1.29, 1.82) is 0 Å². The Kier molecular flexibility index (Phi) is 11.0. The summed E-state index contributed by atoms with van der Waals surface area (Å²) in [4.78, 5) is 11.2. The first-order chi connectivity index (χ1) is 8.60. The Labute approximate surface area is 109 Å². The molecule has 2 atom stereocenters. The first kappa shape index (κ1) is 17.4. The van der Waals surface area contributed by atoms with Crippen molar-refractivity contribution in [3.8, 4) is 0 Å². The van der Waals surface area contributed by atoms with Crippen molar-refractivity contribution in [2.45, 2.75) is 64.1 Å². The number of aliphatic hydroxyl groups is 3. The highest BCUT2D eigenvalue weighted by molar-refractivity contribution is 5.69. The molecule has 0 saturated heterocycles. The number of rotatable bonds is 11. The first-order valence-electron chi connectivity index (χ1n) is 6.72. The Bertz CT molecular complexity index is 208. The predicted octanol–water partition coefficient (Wildman–Crippen LogP) is 0.994. The van der Waals surface area contributed by atoms with Gasteiger partial charge in [0.25, 0.3) is 0 Å². The van der Waals surface area contributed by atoms with Crippen molar-refractivity contribution in [2.24, 2.45) is 0 Å². The fourth-order valence-electron chi connectivity index (χ4n) is 1.57. The number of carbonyl (C=O) groups is 1. The van der Waals surface area contributed by atoms with Crippen LogP contribution in [0.5, 0.6) is 0 Å². The lowest BCUT2D eigenvalue weighted by Crippen LogP contribution is -2.22. The van der Waals surface area contributed by atoms with E-state index in [1.165, 1.54) is 0 Å². The van der Waals surface area contributed by atoms with E-state index in [2.05, 4.69) is 6.92 Å². The molecule has 0 amide bonds. The number of hydrogen-bond donors (Lipinski definition) is 3. The summed E-state index contributed by atoms with van der Waals surface area (Å²) in [6, 6.07) is 0. The van der Waals surface area contributed by atoms with E-state index >= 15 is 0 Å². The summed E-state index contributed by atoms with van der Waals surface area (Å²) in [5.41, 5.74) is 0. The second-order valence-electron chi connectivity index (χ2n) is 4.56. The predicted molar refractivity (Wildman–Crippen MR) is 68.1 cm³/mol. The van der Waals surface area contributed by atoms with E-state index in [-0.39, 0.29) is 19.1 Å². The average Bonchev–Trinajstić information content (AvgIpc) is 2.36. The third kappa shape index (κ3) is 10.5. The molecule has 0 rings (SSSR count). The molecule has 0 bridgehead atoms. The van der Waals surface area contributed by atoms with Crippen LogP contribution >= 0.6 is 0 Å². The molecule has 108 valence electrons. The third-order valence-electron chi connectivity index (χ3n) is 2.71. The van der Waals surface area contributed by atoms with Crippen molar-refractivity contribution < 1.29 is 24.9 Å². The van der Waals surface area contributed by atoms with Gasteiger partial charge in [-0.25, -0.2) is 0 Å². The van der Waals surface area contributed by atoms with Gasteiger partial charge in [-0.15, -0.1) is 0 Å². The van der Waals surface area contributed by atoms with Crippen molar-refractivity contribution in [2.75, 3.05) is 13.2 Å². The zero-order valence-corrected chi connectivity index (χ0v) is 11.2. The Balaban J connectivity index is 3.43. The molecule has 0 aromatic rings. The van der Waals surface area contributed by atoms with Crippen LogP contribution in [0.15, 0.2) is 0 Å². The lowest BCUT2D eigenvalue weighted by Gasteiger charge is -2.10. The fourth-order valence-corrected chi connectivity index (χ4v) is 1.57. The molecule has 0 aromatic carbocycles. The van der Waals surface area contributed by atoms with E-state index in [0.29, 0.717) is 12.8 Å².